The molecule has 6 nitrogen and oxygen atoms in total. The molecule has 0 aromatic carbocycles. The summed E-state index contributed by atoms with van der Waals surface area (Å²) in [4.78, 5) is 28.5. The van der Waals surface area contributed by atoms with E-state index in [1.165, 1.54) is 6.92 Å². The highest BCUT2D eigenvalue weighted by Gasteiger charge is 2.43. The molecule has 18 heavy (non-hydrogen) atoms. The van der Waals surface area contributed by atoms with Crippen molar-refractivity contribution in [2.75, 3.05) is 6.61 Å². The average molecular weight is 287 g/mol. The molecule has 0 aliphatic heterocycles. The van der Waals surface area contributed by atoms with Crippen LogP contribution in [0.4, 0.5) is 13.2 Å². The first-order valence-corrected chi connectivity index (χ1v) is 6.05. The van der Waals surface area contributed by atoms with E-state index in [1.807, 2.05) is 0 Å². The Labute approximate surface area is 98.5 Å². The van der Waals surface area contributed by atoms with Crippen molar-refractivity contribution in [3.05, 3.63) is 17.4 Å². The fourth-order valence-electron chi connectivity index (χ4n) is 1.02. The summed E-state index contributed by atoms with van der Waals surface area (Å²) >= 11 is 0. The largest absolute Gasteiger partial charge is 0.462 e. The Kier molecular flexibility index (Phi) is 3.89. The Morgan fingerprint density at radius 3 is 2.44 bits per heavy atom. The molecule has 1 aromatic rings. The Morgan fingerprint density at radius 1 is 1.50 bits per heavy atom. The Bertz CT molecular complexity index is 499. The molecule has 101 valence electrons. The van der Waals surface area contributed by atoms with Crippen LogP contribution in [-0.4, -0.2) is 22.4 Å². The van der Waals surface area contributed by atoms with Gasteiger partial charge in [-0.05, 0) is 6.92 Å². The number of ether oxygens (including phenoxy) is 1. The van der Waals surface area contributed by atoms with Gasteiger partial charge in [-0.25, -0.2) is 4.79 Å². The van der Waals surface area contributed by atoms with Crippen LogP contribution in [0.5, 0.6) is 0 Å². The van der Waals surface area contributed by atoms with Crippen molar-refractivity contribution in [1.29, 1.82) is 0 Å². The Morgan fingerprint density at radius 2 is 2.06 bits per heavy atom. The Balaban J connectivity index is 3.35. The van der Waals surface area contributed by atoms with Gasteiger partial charge in [0.2, 0.25) is 11.3 Å². The van der Waals surface area contributed by atoms with Crippen molar-refractivity contribution < 1.29 is 41.5 Å². The maximum atomic E-state index is 12.5. The number of hydrogen-bond acceptors (Lipinski definition) is 4. The lowest BCUT2D eigenvalue weighted by atomic mass is 10.2. The van der Waals surface area contributed by atoms with E-state index >= 15 is 0 Å². The molecule has 1 rings (SSSR count). The van der Waals surface area contributed by atoms with Crippen LogP contribution in [0.2, 0.25) is 0 Å². The molecule has 1 heterocycles. The number of furan rings is 1. The number of halogens is 3. The van der Waals surface area contributed by atoms with E-state index in [1.54, 1.807) is 6.07 Å². The van der Waals surface area contributed by atoms with Gasteiger partial charge in [0.05, 0.1) is 12.7 Å². The molecule has 0 saturated carbocycles. The first kappa shape index (κ1) is 14.7. The summed E-state index contributed by atoms with van der Waals surface area (Å²) in [5.74, 6) is -3.27. The lowest BCUT2D eigenvalue weighted by Gasteiger charge is -2.05. The lowest BCUT2D eigenvalue weighted by Crippen LogP contribution is -2.12. The zero-order valence-corrected chi connectivity index (χ0v) is 9.71. The minimum atomic E-state index is -5.09. The molecule has 0 aliphatic carbocycles. The first-order chi connectivity index (χ1) is 8.07. The van der Waals surface area contributed by atoms with Gasteiger partial charge in [0.25, 0.3) is 0 Å². The van der Waals surface area contributed by atoms with Gasteiger partial charge in [0, 0.05) is 0 Å². The van der Waals surface area contributed by atoms with Crippen LogP contribution in [0.3, 0.4) is 0 Å². The SMILES string of the molecule is CCOC(=O)c1[c]c(P(=O)(O)O)oc1C(F)(F)F. The molecule has 10 heteroatoms. The number of alkyl halides is 3. The van der Waals surface area contributed by atoms with Gasteiger partial charge < -0.3 is 18.9 Å². The van der Waals surface area contributed by atoms with E-state index in [2.05, 4.69) is 9.15 Å². The predicted octanol–water partition coefficient (Wildman–Crippen LogP) is 1.08. The summed E-state index contributed by atoms with van der Waals surface area (Å²) < 4.78 is 56.5. The van der Waals surface area contributed by atoms with Crippen molar-refractivity contribution in [3.63, 3.8) is 0 Å². The standard InChI is InChI=1S/C8H7F3O6P/c1-2-16-7(12)4-3-5(18(13,14)15)17-6(4)8(9,10)11/h2H2,1H3,(H2,13,14,15). The fraction of sp³-hybridized carbons (Fsp3) is 0.375. The second-order valence-electron chi connectivity index (χ2n) is 3.00. The van der Waals surface area contributed by atoms with Crippen LogP contribution in [0, 0.1) is 6.07 Å². The number of esters is 1. The average Bonchev–Trinajstić information content (AvgIpc) is 2.60. The predicted molar refractivity (Wildman–Crippen MR) is 50.2 cm³/mol. The highest BCUT2D eigenvalue weighted by Crippen LogP contribution is 2.39. The summed E-state index contributed by atoms with van der Waals surface area (Å²) in [5.41, 5.74) is -2.56. The molecule has 0 unspecified atom stereocenters. The quantitative estimate of drug-likeness (QED) is 0.637. The van der Waals surface area contributed by atoms with Crippen LogP contribution in [0.25, 0.3) is 0 Å². The lowest BCUT2D eigenvalue weighted by molar-refractivity contribution is -0.153. The second-order valence-corrected chi connectivity index (χ2v) is 4.49. The molecule has 0 aliphatic rings. The number of carbonyl (C=O) groups excluding carboxylic acids is 1. The normalized spacial score (nSPS) is 12.6. The molecule has 0 spiro atoms. The minimum absolute atomic E-state index is 0.208. The van der Waals surface area contributed by atoms with Crippen molar-refractivity contribution in [1.82, 2.24) is 0 Å². The molecule has 0 bridgehead atoms. The van der Waals surface area contributed by atoms with Gasteiger partial charge in [0.15, 0.2) is 0 Å². The molecular formula is C8H7F3O6P. The summed E-state index contributed by atoms with van der Waals surface area (Å²) in [6.45, 7) is 1.15. The van der Waals surface area contributed by atoms with Gasteiger partial charge in [-0.3, -0.25) is 4.57 Å². The zero-order chi connectivity index (χ0) is 14.1. The molecule has 0 saturated heterocycles. The summed E-state index contributed by atoms with van der Waals surface area (Å²) in [7, 11) is -5.08. The summed E-state index contributed by atoms with van der Waals surface area (Å²) in [6, 6.07) is 1.59. The highest BCUT2D eigenvalue weighted by molar-refractivity contribution is 7.59. The molecule has 2 N–H and O–H groups in total. The third-order valence-electron chi connectivity index (χ3n) is 1.66. The third-order valence-corrected chi connectivity index (χ3v) is 2.39. The van der Waals surface area contributed by atoms with Crippen LogP contribution in [-0.2, 0) is 15.5 Å². The van der Waals surface area contributed by atoms with E-state index in [4.69, 9.17) is 9.79 Å². The maximum absolute atomic E-state index is 12.5. The molecule has 0 amide bonds. The van der Waals surface area contributed by atoms with Gasteiger partial charge >= 0.3 is 19.7 Å². The van der Waals surface area contributed by atoms with Gasteiger partial charge in [-0.2, -0.15) is 13.2 Å². The zero-order valence-electron chi connectivity index (χ0n) is 8.82. The summed E-state index contributed by atoms with van der Waals surface area (Å²) in [5, 5.41) is 0. The number of hydrogen-bond donors (Lipinski definition) is 2. The summed E-state index contributed by atoms with van der Waals surface area (Å²) in [6.07, 6.45) is -5.09. The van der Waals surface area contributed by atoms with E-state index in [0.717, 1.165) is 0 Å². The smallest absolute Gasteiger partial charge is 0.450 e. The van der Waals surface area contributed by atoms with Crippen LogP contribution in [0.1, 0.15) is 23.0 Å². The van der Waals surface area contributed by atoms with Crippen molar-refractivity contribution in [2.45, 2.75) is 13.1 Å². The van der Waals surface area contributed by atoms with Crippen LogP contribution < -0.4 is 5.50 Å². The van der Waals surface area contributed by atoms with Gasteiger partial charge in [-0.15, -0.1) is 0 Å². The molecule has 0 fully saturated rings. The Hall–Kier alpha value is -1.31. The molecular weight excluding hydrogens is 280 g/mol. The van der Waals surface area contributed by atoms with E-state index < -0.39 is 36.6 Å². The van der Waals surface area contributed by atoms with Gasteiger partial charge in [-0.1, -0.05) is 0 Å². The first-order valence-electron chi connectivity index (χ1n) is 4.44. The van der Waals surface area contributed by atoms with Crippen molar-refractivity contribution in [2.24, 2.45) is 0 Å². The van der Waals surface area contributed by atoms with Crippen molar-refractivity contribution >= 4 is 19.1 Å². The minimum Gasteiger partial charge on any atom is -0.462 e. The number of carbonyl (C=O) groups is 1. The van der Waals surface area contributed by atoms with Crippen LogP contribution in [0.15, 0.2) is 4.42 Å². The highest BCUT2D eigenvalue weighted by atomic mass is 31.2. The topological polar surface area (TPSA) is 97.0 Å². The molecule has 1 radical (unpaired) electrons. The second kappa shape index (κ2) is 4.75. The maximum Gasteiger partial charge on any atom is 0.450 e. The molecule has 1 aromatic heterocycles. The fourth-order valence-corrected chi connectivity index (χ4v) is 1.48. The van der Waals surface area contributed by atoms with Crippen LogP contribution >= 0.6 is 7.60 Å². The monoisotopic (exact) mass is 287 g/mol. The third kappa shape index (κ3) is 3.12. The number of rotatable bonds is 3. The van der Waals surface area contributed by atoms with Gasteiger partial charge in [0.1, 0.15) is 5.56 Å². The van der Waals surface area contributed by atoms with E-state index in [0.29, 0.717) is 0 Å². The van der Waals surface area contributed by atoms with E-state index in [-0.39, 0.29) is 6.61 Å². The van der Waals surface area contributed by atoms with E-state index in [9.17, 15) is 22.5 Å². The molecule has 0 atom stereocenters. The van der Waals surface area contributed by atoms with Crippen molar-refractivity contribution in [3.8, 4) is 0 Å².